The van der Waals surface area contributed by atoms with E-state index in [0.717, 1.165) is 83.5 Å². The summed E-state index contributed by atoms with van der Waals surface area (Å²) in [6.45, 7) is 6.48. The number of carbonyl (C=O) groups is 2. The van der Waals surface area contributed by atoms with E-state index in [9.17, 15) is 19.8 Å². The lowest BCUT2D eigenvalue weighted by molar-refractivity contribution is -0.151. The van der Waals surface area contributed by atoms with Crippen molar-refractivity contribution < 1.29 is 24.5 Å². The number of ether oxygens (including phenoxy) is 1. The lowest BCUT2D eigenvalue weighted by Crippen LogP contribution is -2.46. The fraction of sp³-hybridized carbons (Fsp3) is 0.869. The molecule has 0 fully saturated rings. The van der Waals surface area contributed by atoms with Crippen LogP contribution in [0.15, 0.2) is 36.5 Å². The summed E-state index contributed by atoms with van der Waals surface area (Å²) in [5.74, 6) is -0.490. The van der Waals surface area contributed by atoms with Crippen LogP contribution in [0.1, 0.15) is 316 Å². The quantitative estimate of drug-likeness (QED) is 0.0244. The molecule has 0 bridgehead atoms. The summed E-state index contributed by atoms with van der Waals surface area (Å²) in [6, 6.07) is -0.709. The highest BCUT2D eigenvalue weighted by molar-refractivity contribution is 5.77. The van der Waals surface area contributed by atoms with Crippen molar-refractivity contribution >= 4 is 11.9 Å². The molecule has 0 aliphatic rings. The highest BCUT2D eigenvalue weighted by Crippen LogP contribution is 2.18. The third-order valence-corrected chi connectivity index (χ3v) is 13.7. The number of nitrogens with one attached hydrogen (secondary N) is 1. The average Bonchev–Trinajstić information content (AvgIpc) is 3.32. The molecule has 3 atom stereocenters. The smallest absolute Gasteiger partial charge is 0.306 e. The van der Waals surface area contributed by atoms with Crippen LogP contribution in [0.2, 0.25) is 0 Å². The first kappa shape index (κ1) is 65.1. The fourth-order valence-electron chi connectivity index (χ4n) is 9.18. The second kappa shape index (κ2) is 55.0. The van der Waals surface area contributed by atoms with Gasteiger partial charge in [0.05, 0.1) is 25.2 Å². The topological polar surface area (TPSA) is 95.9 Å². The minimum Gasteiger partial charge on any atom is -0.462 e. The first-order valence-corrected chi connectivity index (χ1v) is 29.7. The molecule has 0 aliphatic heterocycles. The van der Waals surface area contributed by atoms with E-state index in [-0.39, 0.29) is 24.9 Å². The zero-order valence-electron chi connectivity index (χ0n) is 45.0. The Morgan fingerprint density at radius 2 is 0.761 bits per heavy atom. The Balaban J connectivity index is 4.50. The molecule has 3 unspecified atom stereocenters. The second-order valence-electron chi connectivity index (χ2n) is 20.4. The van der Waals surface area contributed by atoms with Gasteiger partial charge in [0.25, 0.3) is 0 Å². The lowest BCUT2D eigenvalue weighted by Gasteiger charge is -2.24. The number of unbranched alkanes of at least 4 members (excludes halogenated alkanes) is 37. The van der Waals surface area contributed by atoms with Gasteiger partial charge < -0.3 is 20.3 Å². The van der Waals surface area contributed by atoms with Gasteiger partial charge in [-0.25, -0.2) is 0 Å². The number of rotatable bonds is 54. The van der Waals surface area contributed by atoms with Crippen LogP contribution in [0.5, 0.6) is 0 Å². The van der Waals surface area contributed by atoms with Crippen molar-refractivity contribution in [3.63, 3.8) is 0 Å². The van der Waals surface area contributed by atoms with Crippen molar-refractivity contribution in [2.75, 3.05) is 6.61 Å². The number of hydrogen-bond donors (Lipinski definition) is 3. The number of amides is 1. The second-order valence-corrected chi connectivity index (χ2v) is 20.4. The summed E-state index contributed by atoms with van der Waals surface area (Å²) in [7, 11) is 0. The van der Waals surface area contributed by atoms with E-state index >= 15 is 0 Å². The number of hydrogen-bond acceptors (Lipinski definition) is 5. The lowest BCUT2D eigenvalue weighted by atomic mass is 10.0. The number of carbonyl (C=O) groups excluding carboxylic acids is 2. The third-order valence-electron chi connectivity index (χ3n) is 13.7. The predicted molar refractivity (Wildman–Crippen MR) is 292 cm³/mol. The summed E-state index contributed by atoms with van der Waals surface area (Å²) in [6.07, 6.45) is 66.4. The molecule has 1 amide bonds. The summed E-state index contributed by atoms with van der Waals surface area (Å²) in [5, 5.41) is 23.9. The van der Waals surface area contributed by atoms with Gasteiger partial charge in [-0.2, -0.15) is 0 Å². The monoisotopic (exact) mass is 942 g/mol. The first-order valence-electron chi connectivity index (χ1n) is 29.7. The van der Waals surface area contributed by atoms with Gasteiger partial charge in [0.15, 0.2) is 0 Å². The van der Waals surface area contributed by atoms with Crippen LogP contribution in [0.4, 0.5) is 0 Å². The molecule has 0 aromatic rings. The molecular weight excluding hydrogens is 827 g/mol. The molecular formula is C61H115NO5. The largest absolute Gasteiger partial charge is 0.462 e. The standard InChI is InChI=1S/C61H115NO5/c1-4-7-10-13-16-19-22-25-27-29-31-33-36-39-42-45-48-51-54-61(66)67-57(52-49-46-43-40-37-34-24-21-18-15-12-9-6-3)55-60(65)62-58(56-63)59(64)53-50-47-44-41-38-35-32-30-28-26-23-20-17-14-11-8-5-2/h18,21,24,31,33-34,57-59,63-64H,4-17,19-20,22-23,25-30,32,35-56H2,1-3H3,(H,62,65)/b21-18+,33-31+,34-24+. The molecule has 6 nitrogen and oxygen atoms in total. The van der Waals surface area contributed by atoms with E-state index in [2.05, 4.69) is 62.5 Å². The van der Waals surface area contributed by atoms with E-state index in [1.807, 2.05) is 0 Å². The van der Waals surface area contributed by atoms with Crippen molar-refractivity contribution in [3.05, 3.63) is 36.5 Å². The third kappa shape index (κ3) is 50.3. The molecule has 0 aromatic carbocycles. The highest BCUT2D eigenvalue weighted by atomic mass is 16.5. The Kier molecular flexibility index (Phi) is 53.4. The number of aliphatic hydroxyl groups excluding tert-OH is 2. The Labute approximate surface area is 417 Å². The van der Waals surface area contributed by atoms with Crippen molar-refractivity contribution in [2.24, 2.45) is 0 Å². The maximum atomic E-state index is 13.3. The summed E-state index contributed by atoms with van der Waals surface area (Å²) < 4.78 is 5.95. The molecule has 6 heteroatoms. The Hall–Kier alpha value is -1.92. The van der Waals surface area contributed by atoms with Gasteiger partial charge in [-0.15, -0.1) is 0 Å². The normalized spacial score (nSPS) is 13.3. The molecule has 0 saturated heterocycles. The average molecular weight is 943 g/mol. The van der Waals surface area contributed by atoms with Crippen LogP contribution in [-0.2, 0) is 14.3 Å². The van der Waals surface area contributed by atoms with Crippen LogP contribution in [-0.4, -0.2) is 46.9 Å². The molecule has 67 heavy (non-hydrogen) atoms. The summed E-state index contributed by atoms with van der Waals surface area (Å²) in [4.78, 5) is 26.3. The number of allylic oxidation sites excluding steroid dienone is 6. The van der Waals surface area contributed by atoms with E-state index < -0.39 is 18.2 Å². The minimum absolute atomic E-state index is 0.0635. The molecule has 0 spiro atoms. The first-order chi connectivity index (χ1) is 33.0. The molecule has 394 valence electrons. The van der Waals surface area contributed by atoms with E-state index in [0.29, 0.717) is 19.3 Å². The Morgan fingerprint density at radius 1 is 0.433 bits per heavy atom. The van der Waals surface area contributed by atoms with Crippen molar-refractivity contribution in [2.45, 2.75) is 334 Å². The van der Waals surface area contributed by atoms with Crippen molar-refractivity contribution in [1.29, 1.82) is 0 Å². The van der Waals surface area contributed by atoms with Gasteiger partial charge in [-0.1, -0.05) is 263 Å². The molecule has 0 heterocycles. The molecule has 0 aromatic heterocycles. The summed E-state index contributed by atoms with van der Waals surface area (Å²) >= 11 is 0. The van der Waals surface area contributed by atoms with Gasteiger partial charge in [-0.3, -0.25) is 9.59 Å². The summed E-state index contributed by atoms with van der Waals surface area (Å²) in [5.41, 5.74) is 0. The molecule has 3 N–H and O–H groups in total. The van der Waals surface area contributed by atoms with E-state index in [1.54, 1.807) is 0 Å². The van der Waals surface area contributed by atoms with Crippen LogP contribution < -0.4 is 5.32 Å². The Morgan fingerprint density at radius 3 is 1.18 bits per heavy atom. The van der Waals surface area contributed by atoms with Crippen LogP contribution >= 0.6 is 0 Å². The van der Waals surface area contributed by atoms with Gasteiger partial charge >= 0.3 is 5.97 Å². The van der Waals surface area contributed by atoms with Gasteiger partial charge in [-0.05, 0) is 77.0 Å². The maximum Gasteiger partial charge on any atom is 0.306 e. The molecule has 0 radical (unpaired) electrons. The van der Waals surface area contributed by atoms with Crippen LogP contribution in [0, 0.1) is 0 Å². The molecule has 0 rings (SSSR count). The maximum absolute atomic E-state index is 13.3. The zero-order valence-corrected chi connectivity index (χ0v) is 45.0. The van der Waals surface area contributed by atoms with Crippen LogP contribution in [0.25, 0.3) is 0 Å². The van der Waals surface area contributed by atoms with Crippen molar-refractivity contribution in [1.82, 2.24) is 5.32 Å². The zero-order chi connectivity index (χ0) is 48.8. The SMILES string of the molecule is CCCCC/C=C/C=C/CCCCCCC(CC(=O)NC(CO)C(O)CCCCCCCCCCCCCCCCCCC)OC(=O)CCCCCCC/C=C/CCCCCCCCCCC. The minimum atomic E-state index is -0.794. The fourth-order valence-corrected chi connectivity index (χ4v) is 9.18. The predicted octanol–water partition coefficient (Wildman–Crippen LogP) is 18.4. The Bertz CT molecular complexity index is 1100. The van der Waals surface area contributed by atoms with Crippen molar-refractivity contribution in [3.8, 4) is 0 Å². The van der Waals surface area contributed by atoms with E-state index in [4.69, 9.17) is 4.74 Å². The van der Waals surface area contributed by atoms with Gasteiger partial charge in [0.2, 0.25) is 5.91 Å². The van der Waals surface area contributed by atoms with Crippen LogP contribution in [0.3, 0.4) is 0 Å². The number of esters is 1. The van der Waals surface area contributed by atoms with Gasteiger partial charge in [0, 0.05) is 6.42 Å². The highest BCUT2D eigenvalue weighted by Gasteiger charge is 2.24. The van der Waals surface area contributed by atoms with Gasteiger partial charge in [0.1, 0.15) is 6.10 Å². The molecule has 0 aliphatic carbocycles. The number of aliphatic hydroxyl groups is 2. The molecule has 0 saturated carbocycles. The van der Waals surface area contributed by atoms with E-state index in [1.165, 1.54) is 186 Å².